The van der Waals surface area contributed by atoms with Crippen LogP contribution in [0.3, 0.4) is 0 Å². The Morgan fingerprint density at radius 3 is 2.59 bits per heavy atom. The first-order chi connectivity index (χ1) is 8.27. The smallest absolute Gasteiger partial charge is 0.0181 e. The van der Waals surface area contributed by atoms with Crippen LogP contribution >= 0.6 is 11.8 Å². The third kappa shape index (κ3) is 6.12. The second kappa shape index (κ2) is 9.23. The van der Waals surface area contributed by atoms with Gasteiger partial charge in [0.25, 0.3) is 0 Å². The van der Waals surface area contributed by atoms with Crippen molar-refractivity contribution in [3.05, 3.63) is 0 Å². The van der Waals surface area contributed by atoms with Gasteiger partial charge in [0, 0.05) is 30.9 Å². The first kappa shape index (κ1) is 15.3. The maximum absolute atomic E-state index is 3.73. The van der Waals surface area contributed by atoms with Crippen LogP contribution in [0, 0.1) is 0 Å². The summed E-state index contributed by atoms with van der Waals surface area (Å²) < 4.78 is 0. The summed E-state index contributed by atoms with van der Waals surface area (Å²) in [6.07, 6.45) is 10.6. The molecule has 0 amide bonds. The average Bonchev–Trinajstić information content (AvgIpc) is 2.37. The zero-order valence-corrected chi connectivity index (χ0v) is 12.7. The van der Waals surface area contributed by atoms with Crippen molar-refractivity contribution in [3.8, 4) is 0 Å². The predicted octanol–water partition coefficient (Wildman–Crippen LogP) is 2.98. The highest BCUT2D eigenvalue weighted by Crippen LogP contribution is 2.17. The van der Waals surface area contributed by atoms with Gasteiger partial charge in [0.05, 0.1) is 0 Å². The molecule has 1 N–H and O–H groups in total. The maximum atomic E-state index is 3.73. The molecule has 1 aliphatic rings. The molecule has 1 unspecified atom stereocenters. The number of hydrogen-bond donors (Lipinski definition) is 1. The SMILES string of the molecule is CCC(CSC)N(C)CCNC1CCCCC1. The second-order valence-corrected chi connectivity index (χ2v) is 6.20. The zero-order chi connectivity index (χ0) is 12.5. The van der Waals surface area contributed by atoms with Gasteiger partial charge in [-0.2, -0.15) is 11.8 Å². The molecule has 102 valence electrons. The largest absolute Gasteiger partial charge is 0.313 e. The van der Waals surface area contributed by atoms with Gasteiger partial charge < -0.3 is 10.2 Å². The Kier molecular flexibility index (Phi) is 8.33. The number of likely N-dealkylation sites (N-methyl/N-ethyl adjacent to an activating group) is 1. The van der Waals surface area contributed by atoms with E-state index in [9.17, 15) is 0 Å². The van der Waals surface area contributed by atoms with Gasteiger partial charge in [0.2, 0.25) is 0 Å². The van der Waals surface area contributed by atoms with Gasteiger partial charge in [0.15, 0.2) is 0 Å². The lowest BCUT2D eigenvalue weighted by atomic mass is 9.95. The van der Waals surface area contributed by atoms with Crippen LogP contribution in [-0.2, 0) is 0 Å². The van der Waals surface area contributed by atoms with Crippen molar-refractivity contribution in [2.24, 2.45) is 0 Å². The molecule has 17 heavy (non-hydrogen) atoms. The summed E-state index contributed by atoms with van der Waals surface area (Å²) in [4.78, 5) is 2.52. The van der Waals surface area contributed by atoms with Crippen molar-refractivity contribution < 1.29 is 0 Å². The van der Waals surface area contributed by atoms with E-state index in [0.717, 1.165) is 18.6 Å². The lowest BCUT2D eigenvalue weighted by Crippen LogP contribution is -2.41. The first-order valence-electron chi connectivity index (χ1n) is 7.20. The van der Waals surface area contributed by atoms with Crippen molar-refractivity contribution in [2.75, 3.05) is 32.1 Å². The van der Waals surface area contributed by atoms with Crippen LogP contribution in [0.2, 0.25) is 0 Å². The van der Waals surface area contributed by atoms with Crippen molar-refractivity contribution in [1.29, 1.82) is 0 Å². The van der Waals surface area contributed by atoms with Crippen LogP contribution in [-0.4, -0.2) is 49.1 Å². The molecule has 1 saturated carbocycles. The third-order valence-electron chi connectivity index (χ3n) is 3.96. The molecule has 0 bridgehead atoms. The van der Waals surface area contributed by atoms with Gasteiger partial charge in [-0.15, -0.1) is 0 Å². The molecular formula is C14H30N2S. The minimum absolute atomic E-state index is 0.748. The number of rotatable bonds is 8. The minimum Gasteiger partial charge on any atom is -0.313 e. The predicted molar refractivity (Wildman–Crippen MR) is 80.0 cm³/mol. The fraction of sp³-hybridized carbons (Fsp3) is 1.00. The molecule has 1 rings (SSSR count). The zero-order valence-electron chi connectivity index (χ0n) is 11.9. The van der Waals surface area contributed by atoms with E-state index in [0.29, 0.717) is 0 Å². The Balaban J connectivity index is 2.11. The average molecular weight is 258 g/mol. The molecule has 0 aromatic carbocycles. The van der Waals surface area contributed by atoms with E-state index in [2.05, 4.69) is 30.4 Å². The van der Waals surface area contributed by atoms with Crippen LogP contribution < -0.4 is 5.32 Å². The van der Waals surface area contributed by atoms with Crippen LogP contribution in [0.4, 0.5) is 0 Å². The van der Waals surface area contributed by atoms with Crippen molar-refractivity contribution >= 4 is 11.8 Å². The van der Waals surface area contributed by atoms with Crippen LogP contribution in [0.15, 0.2) is 0 Å². The summed E-state index contributed by atoms with van der Waals surface area (Å²) in [6, 6.07) is 1.55. The van der Waals surface area contributed by atoms with E-state index < -0.39 is 0 Å². The lowest BCUT2D eigenvalue weighted by molar-refractivity contribution is 0.246. The normalized spacial score (nSPS) is 19.8. The van der Waals surface area contributed by atoms with Crippen LogP contribution in [0.5, 0.6) is 0 Å². The topological polar surface area (TPSA) is 15.3 Å². The molecule has 1 atom stereocenters. The summed E-state index contributed by atoms with van der Waals surface area (Å²) in [5, 5.41) is 3.73. The summed E-state index contributed by atoms with van der Waals surface area (Å²) >= 11 is 1.96. The highest BCUT2D eigenvalue weighted by atomic mass is 32.2. The number of nitrogens with zero attached hydrogens (tertiary/aromatic N) is 1. The highest BCUT2D eigenvalue weighted by molar-refractivity contribution is 7.98. The summed E-state index contributed by atoms with van der Waals surface area (Å²) in [6.45, 7) is 4.65. The van der Waals surface area contributed by atoms with E-state index in [4.69, 9.17) is 0 Å². The van der Waals surface area contributed by atoms with Gasteiger partial charge in [-0.05, 0) is 32.6 Å². The molecule has 1 fully saturated rings. The van der Waals surface area contributed by atoms with Crippen molar-refractivity contribution in [1.82, 2.24) is 10.2 Å². The lowest BCUT2D eigenvalue weighted by Gasteiger charge is -2.28. The molecule has 0 radical (unpaired) electrons. The number of thioether (sulfide) groups is 1. The number of hydrogen-bond acceptors (Lipinski definition) is 3. The molecule has 0 spiro atoms. The van der Waals surface area contributed by atoms with Crippen LogP contribution in [0.1, 0.15) is 45.4 Å². The van der Waals surface area contributed by atoms with E-state index >= 15 is 0 Å². The van der Waals surface area contributed by atoms with Gasteiger partial charge >= 0.3 is 0 Å². The monoisotopic (exact) mass is 258 g/mol. The third-order valence-corrected chi connectivity index (χ3v) is 4.67. The minimum atomic E-state index is 0.748. The molecule has 0 heterocycles. The van der Waals surface area contributed by atoms with E-state index in [-0.39, 0.29) is 0 Å². The van der Waals surface area contributed by atoms with Crippen molar-refractivity contribution in [3.63, 3.8) is 0 Å². The Bertz CT molecular complexity index is 181. The molecule has 1 aliphatic carbocycles. The quantitative estimate of drug-likeness (QED) is 0.720. The van der Waals surface area contributed by atoms with Gasteiger partial charge in [0.1, 0.15) is 0 Å². The van der Waals surface area contributed by atoms with Crippen molar-refractivity contribution in [2.45, 2.75) is 57.5 Å². The van der Waals surface area contributed by atoms with Gasteiger partial charge in [-0.25, -0.2) is 0 Å². The molecule has 2 nitrogen and oxygen atoms in total. The molecule has 0 aliphatic heterocycles. The maximum Gasteiger partial charge on any atom is 0.0181 e. The fourth-order valence-corrected chi connectivity index (χ4v) is 3.56. The standard InChI is InChI=1S/C14H30N2S/c1-4-14(12-17-3)16(2)11-10-15-13-8-6-5-7-9-13/h13-15H,4-12H2,1-3H3. The molecule has 0 aromatic heterocycles. The second-order valence-electron chi connectivity index (χ2n) is 5.29. The molecule has 0 aromatic rings. The number of nitrogens with one attached hydrogen (secondary N) is 1. The Morgan fingerprint density at radius 2 is 2.00 bits per heavy atom. The van der Waals surface area contributed by atoms with E-state index in [1.807, 2.05) is 11.8 Å². The Hall–Kier alpha value is 0.270. The molecule has 0 saturated heterocycles. The molecule has 3 heteroatoms. The van der Waals surface area contributed by atoms with Crippen LogP contribution in [0.25, 0.3) is 0 Å². The fourth-order valence-electron chi connectivity index (χ4n) is 2.68. The highest BCUT2D eigenvalue weighted by Gasteiger charge is 2.14. The summed E-state index contributed by atoms with van der Waals surface area (Å²) in [7, 11) is 2.27. The van der Waals surface area contributed by atoms with E-state index in [1.165, 1.54) is 50.8 Å². The summed E-state index contributed by atoms with van der Waals surface area (Å²) in [5.41, 5.74) is 0. The Labute approximate surface area is 112 Å². The Morgan fingerprint density at radius 1 is 1.29 bits per heavy atom. The first-order valence-corrected chi connectivity index (χ1v) is 8.59. The summed E-state index contributed by atoms with van der Waals surface area (Å²) in [5.74, 6) is 1.26. The molecular weight excluding hydrogens is 228 g/mol. The van der Waals surface area contributed by atoms with Gasteiger partial charge in [-0.1, -0.05) is 26.2 Å². The van der Waals surface area contributed by atoms with E-state index in [1.54, 1.807) is 0 Å². The van der Waals surface area contributed by atoms with Gasteiger partial charge in [-0.3, -0.25) is 0 Å².